The van der Waals surface area contributed by atoms with E-state index in [1.165, 1.54) is 51.6 Å². The van der Waals surface area contributed by atoms with Crippen LogP contribution < -0.4 is 5.32 Å². The van der Waals surface area contributed by atoms with Gasteiger partial charge in [0.15, 0.2) is 0 Å². The Kier molecular flexibility index (Phi) is 5.53. The Balaban J connectivity index is 2.04. The quantitative estimate of drug-likeness (QED) is 0.839. The summed E-state index contributed by atoms with van der Waals surface area (Å²) in [6, 6.07) is 2.26. The molecule has 1 aliphatic heterocycles. The molecule has 4 unspecified atom stereocenters. The minimum absolute atomic E-state index is 0.371. The van der Waals surface area contributed by atoms with E-state index in [4.69, 9.17) is 0 Å². The Labute approximate surface area is 126 Å². The monoisotopic (exact) mass is 280 g/mol. The first kappa shape index (κ1) is 16.3. The van der Waals surface area contributed by atoms with Crippen LogP contribution in [0.5, 0.6) is 0 Å². The van der Waals surface area contributed by atoms with Gasteiger partial charge in [-0.3, -0.25) is 4.90 Å². The average Bonchev–Trinajstić information content (AvgIpc) is 2.45. The second-order valence-electron chi connectivity index (χ2n) is 8.18. The topological polar surface area (TPSA) is 15.3 Å². The van der Waals surface area contributed by atoms with Crippen LogP contribution in [0.1, 0.15) is 73.1 Å². The molecule has 2 aliphatic rings. The molecule has 2 nitrogen and oxygen atoms in total. The molecule has 2 heteroatoms. The second kappa shape index (κ2) is 6.79. The average molecular weight is 281 g/mol. The van der Waals surface area contributed by atoms with Crippen molar-refractivity contribution in [1.29, 1.82) is 0 Å². The fraction of sp³-hybridized carbons (Fsp3) is 1.00. The van der Waals surface area contributed by atoms with Gasteiger partial charge in [0.1, 0.15) is 0 Å². The summed E-state index contributed by atoms with van der Waals surface area (Å²) in [5, 5.41) is 3.81. The van der Waals surface area contributed by atoms with Crippen molar-refractivity contribution in [2.45, 2.75) is 91.3 Å². The molecule has 0 spiro atoms. The predicted octanol–water partition coefficient (Wildman–Crippen LogP) is 4.05. The molecule has 0 aromatic rings. The summed E-state index contributed by atoms with van der Waals surface area (Å²) in [5.74, 6) is 0.981. The molecule has 2 fully saturated rings. The summed E-state index contributed by atoms with van der Waals surface area (Å²) < 4.78 is 0. The van der Waals surface area contributed by atoms with E-state index in [1.807, 2.05) is 0 Å². The number of piperazine rings is 1. The van der Waals surface area contributed by atoms with Gasteiger partial charge in [-0.2, -0.15) is 0 Å². The molecule has 20 heavy (non-hydrogen) atoms. The molecule has 0 aromatic heterocycles. The molecular weight excluding hydrogens is 244 g/mol. The van der Waals surface area contributed by atoms with E-state index in [-0.39, 0.29) is 0 Å². The Morgan fingerprint density at radius 1 is 1.10 bits per heavy atom. The molecular formula is C18H36N2. The van der Waals surface area contributed by atoms with Crippen LogP contribution in [0.2, 0.25) is 0 Å². The maximum absolute atomic E-state index is 3.81. The van der Waals surface area contributed by atoms with Crippen molar-refractivity contribution < 1.29 is 0 Å². The number of rotatable bonds is 3. The van der Waals surface area contributed by atoms with E-state index in [0.29, 0.717) is 11.5 Å². The molecule has 0 aromatic carbocycles. The van der Waals surface area contributed by atoms with Crippen LogP contribution >= 0.6 is 0 Å². The van der Waals surface area contributed by atoms with Gasteiger partial charge in [0.25, 0.3) is 0 Å². The fourth-order valence-electron chi connectivity index (χ4n) is 4.16. The lowest BCUT2D eigenvalue weighted by molar-refractivity contribution is 0.0238. The van der Waals surface area contributed by atoms with Gasteiger partial charge in [-0.15, -0.1) is 0 Å². The summed E-state index contributed by atoms with van der Waals surface area (Å²) in [6.45, 7) is 14.3. The second-order valence-corrected chi connectivity index (χ2v) is 8.18. The van der Waals surface area contributed by atoms with Crippen molar-refractivity contribution in [2.24, 2.45) is 11.3 Å². The van der Waals surface area contributed by atoms with Crippen molar-refractivity contribution in [3.8, 4) is 0 Å². The predicted molar refractivity (Wildman–Crippen MR) is 88.1 cm³/mol. The third-order valence-corrected chi connectivity index (χ3v) is 5.78. The molecule has 1 saturated heterocycles. The highest BCUT2D eigenvalue weighted by Crippen LogP contribution is 2.33. The van der Waals surface area contributed by atoms with Gasteiger partial charge in [-0.25, -0.2) is 0 Å². The van der Waals surface area contributed by atoms with E-state index < -0.39 is 0 Å². The first-order valence-corrected chi connectivity index (χ1v) is 8.94. The van der Waals surface area contributed by atoms with Gasteiger partial charge in [0, 0.05) is 31.2 Å². The summed E-state index contributed by atoms with van der Waals surface area (Å²) in [6.07, 6.45) is 8.47. The third kappa shape index (κ3) is 3.76. The molecule has 1 aliphatic carbocycles. The van der Waals surface area contributed by atoms with Crippen LogP contribution in [0.25, 0.3) is 0 Å². The zero-order valence-corrected chi connectivity index (χ0v) is 14.4. The summed E-state index contributed by atoms with van der Waals surface area (Å²) in [7, 11) is 0. The Hall–Kier alpha value is -0.0800. The van der Waals surface area contributed by atoms with Gasteiger partial charge in [-0.05, 0) is 30.6 Å². The van der Waals surface area contributed by atoms with Crippen molar-refractivity contribution in [2.75, 3.05) is 13.1 Å². The maximum Gasteiger partial charge on any atom is 0.0244 e. The third-order valence-electron chi connectivity index (χ3n) is 5.78. The van der Waals surface area contributed by atoms with Gasteiger partial charge >= 0.3 is 0 Å². The van der Waals surface area contributed by atoms with Crippen LogP contribution in [0.15, 0.2) is 0 Å². The lowest BCUT2D eigenvalue weighted by atomic mass is 9.80. The van der Waals surface area contributed by atoms with E-state index in [0.717, 1.165) is 18.0 Å². The van der Waals surface area contributed by atoms with Gasteiger partial charge in [-0.1, -0.05) is 53.9 Å². The van der Waals surface area contributed by atoms with Gasteiger partial charge in [0.2, 0.25) is 0 Å². The zero-order chi connectivity index (χ0) is 14.8. The smallest absolute Gasteiger partial charge is 0.0244 e. The Morgan fingerprint density at radius 3 is 2.45 bits per heavy atom. The maximum atomic E-state index is 3.81. The van der Waals surface area contributed by atoms with E-state index in [9.17, 15) is 0 Å². The standard InChI is InChI=1S/C18H36N2/c1-6-14-9-8-10-16(11-14)20-13-17(18(3,4)5)19-12-15(20)7-2/h14-17,19H,6-13H2,1-5H3. The van der Waals surface area contributed by atoms with E-state index >= 15 is 0 Å². The van der Waals surface area contributed by atoms with Crippen molar-refractivity contribution >= 4 is 0 Å². The van der Waals surface area contributed by atoms with Crippen molar-refractivity contribution in [3.05, 3.63) is 0 Å². The molecule has 1 saturated carbocycles. The molecule has 2 rings (SSSR count). The van der Waals surface area contributed by atoms with Crippen molar-refractivity contribution in [1.82, 2.24) is 10.2 Å². The van der Waals surface area contributed by atoms with Crippen molar-refractivity contribution in [3.63, 3.8) is 0 Å². The lowest BCUT2D eigenvalue weighted by Gasteiger charge is -2.49. The highest BCUT2D eigenvalue weighted by atomic mass is 15.3. The number of hydrogen-bond donors (Lipinski definition) is 1. The summed E-state index contributed by atoms with van der Waals surface area (Å²) in [5.41, 5.74) is 0.371. The summed E-state index contributed by atoms with van der Waals surface area (Å²) in [4.78, 5) is 2.88. The Morgan fingerprint density at radius 2 is 1.85 bits per heavy atom. The Bertz CT molecular complexity index is 294. The summed E-state index contributed by atoms with van der Waals surface area (Å²) >= 11 is 0. The molecule has 1 N–H and O–H groups in total. The SMILES string of the molecule is CCC1CCCC(N2CC(C(C)(C)C)NCC2CC)C1. The molecule has 0 amide bonds. The van der Waals surface area contributed by atoms with Crippen LogP contribution in [0.4, 0.5) is 0 Å². The molecule has 4 atom stereocenters. The zero-order valence-electron chi connectivity index (χ0n) is 14.4. The number of nitrogens with zero attached hydrogens (tertiary/aromatic N) is 1. The van der Waals surface area contributed by atoms with Crippen LogP contribution in [-0.2, 0) is 0 Å². The highest BCUT2D eigenvalue weighted by molar-refractivity contribution is 4.95. The highest BCUT2D eigenvalue weighted by Gasteiger charge is 2.37. The molecule has 0 bridgehead atoms. The van der Waals surface area contributed by atoms with E-state index in [1.54, 1.807) is 0 Å². The number of hydrogen-bond acceptors (Lipinski definition) is 2. The van der Waals surface area contributed by atoms with Gasteiger partial charge in [0.05, 0.1) is 0 Å². The van der Waals surface area contributed by atoms with Crippen LogP contribution in [0, 0.1) is 11.3 Å². The van der Waals surface area contributed by atoms with Crippen LogP contribution in [0.3, 0.4) is 0 Å². The minimum Gasteiger partial charge on any atom is -0.311 e. The first-order valence-electron chi connectivity index (χ1n) is 8.94. The molecule has 0 radical (unpaired) electrons. The van der Waals surface area contributed by atoms with Crippen LogP contribution in [-0.4, -0.2) is 36.1 Å². The fourth-order valence-corrected chi connectivity index (χ4v) is 4.16. The van der Waals surface area contributed by atoms with Gasteiger partial charge < -0.3 is 5.32 Å². The van der Waals surface area contributed by atoms with E-state index in [2.05, 4.69) is 44.8 Å². The largest absolute Gasteiger partial charge is 0.311 e. The lowest BCUT2D eigenvalue weighted by Crippen LogP contribution is -2.62. The molecule has 118 valence electrons. The minimum atomic E-state index is 0.371. The first-order chi connectivity index (χ1) is 9.45. The molecule has 1 heterocycles. The number of nitrogens with one attached hydrogen (secondary N) is 1. The normalized spacial score (nSPS) is 37.0.